The molecule has 1 aliphatic carbocycles. The summed E-state index contributed by atoms with van der Waals surface area (Å²) >= 11 is 0. The van der Waals surface area contributed by atoms with E-state index in [-0.39, 0.29) is 0 Å². The third-order valence-corrected chi connectivity index (χ3v) is 2.05. The van der Waals surface area contributed by atoms with Gasteiger partial charge in [-0.1, -0.05) is 39.0 Å². The van der Waals surface area contributed by atoms with Gasteiger partial charge in [0.05, 0.1) is 6.10 Å². The Morgan fingerprint density at radius 2 is 2.08 bits per heavy atom. The second-order valence-electron chi connectivity index (χ2n) is 2.82. The first-order chi connectivity index (χ1) is 6.38. The number of allylic oxidation sites excluding steroid dienone is 2. The van der Waals surface area contributed by atoms with Crippen LogP contribution in [0, 0.1) is 0 Å². The maximum Gasteiger partial charge on any atom is 0.0815 e. The zero-order chi connectivity index (χ0) is 10.1. The van der Waals surface area contributed by atoms with Crippen molar-refractivity contribution in [1.29, 1.82) is 0 Å². The van der Waals surface area contributed by atoms with Gasteiger partial charge in [0, 0.05) is 7.11 Å². The summed E-state index contributed by atoms with van der Waals surface area (Å²) in [4.78, 5) is 0. The molecule has 0 heterocycles. The number of hydrogen-bond donors (Lipinski definition) is 0. The molecule has 1 rings (SSSR count). The Hall–Kier alpha value is -0.560. The maximum atomic E-state index is 5.32. The topological polar surface area (TPSA) is 9.23 Å². The molecule has 1 aliphatic rings. The van der Waals surface area contributed by atoms with Gasteiger partial charge in [-0.05, 0) is 24.8 Å². The molecule has 1 atom stereocenters. The van der Waals surface area contributed by atoms with Gasteiger partial charge in [0.1, 0.15) is 0 Å². The van der Waals surface area contributed by atoms with Gasteiger partial charge in [-0.15, -0.1) is 0 Å². The molecule has 1 heteroatoms. The molecule has 0 amide bonds. The third kappa shape index (κ3) is 4.28. The molecule has 13 heavy (non-hydrogen) atoms. The van der Waals surface area contributed by atoms with Crippen LogP contribution in [-0.2, 0) is 4.74 Å². The fourth-order valence-corrected chi connectivity index (χ4v) is 1.41. The van der Waals surface area contributed by atoms with Crippen molar-refractivity contribution in [2.75, 3.05) is 7.11 Å². The van der Waals surface area contributed by atoms with Gasteiger partial charge in [-0.3, -0.25) is 0 Å². The van der Waals surface area contributed by atoms with Crippen LogP contribution in [0.15, 0.2) is 23.8 Å². The van der Waals surface area contributed by atoms with E-state index in [9.17, 15) is 0 Å². The van der Waals surface area contributed by atoms with Crippen LogP contribution in [0.5, 0.6) is 0 Å². The first kappa shape index (κ1) is 12.4. The van der Waals surface area contributed by atoms with Crippen molar-refractivity contribution >= 4 is 0 Å². The first-order valence-electron chi connectivity index (χ1n) is 5.28. The lowest BCUT2D eigenvalue weighted by atomic mass is 10.0. The van der Waals surface area contributed by atoms with Crippen molar-refractivity contribution in [3.63, 3.8) is 0 Å². The van der Waals surface area contributed by atoms with Gasteiger partial charge >= 0.3 is 0 Å². The second kappa shape index (κ2) is 8.06. The first-order valence-corrected chi connectivity index (χ1v) is 5.28. The van der Waals surface area contributed by atoms with E-state index in [0.29, 0.717) is 6.10 Å². The highest BCUT2D eigenvalue weighted by Gasteiger charge is 2.08. The molecule has 76 valence electrons. The van der Waals surface area contributed by atoms with E-state index in [1.807, 2.05) is 13.8 Å². The number of methoxy groups -OCH3 is 1. The highest BCUT2D eigenvalue weighted by molar-refractivity contribution is 5.25. The minimum Gasteiger partial charge on any atom is -0.377 e. The second-order valence-corrected chi connectivity index (χ2v) is 2.82. The average molecular weight is 182 g/mol. The molecule has 0 aliphatic heterocycles. The number of hydrogen-bond acceptors (Lipinski definition) is 1. The van der Waals surface area contributed by atoms with Crippen LogP contribution in [0.25, 0.3) is 0 Å². The summed E-state index contributed by atoms with van der Waals surface area (Å²) in [6.45, 7) is 6.15. The lowest BCUT2D eigenvalue weighted by molar-refractivity contribution is 0.131. The van der Waals surface area contributed by atoms with Gasteiger partial charge in [0.2, 0.25) is 0 Å². The number of ether oxygens (including phenoxy) is 1. The highest BCUT2D eigenvalue weighted by Crippen LogP contribution is 2.17. The van der Waals surface area contributed by atoms with E-state index in [2.05, 4.69) is 25.2 Å². The van der Waals surface area contributed by atoms with Crippen molar-refractivity contribution in [3.8, 4) is 0 Å². The lowest BCUT2D eigenvalue weighted by Gasteiger charge is -2.16. The van der Waals surface area contributed by atoms with E-state index < -0.39 is 0 Å². The minimum absolute atomic E-state index is 0.312. The zero-order valence-electron chi connectivity index (χ0n) is 9.34. The van der Waals surface area contributed by atoms with Crippen molar-refractivity contribution < 1.29 is 4.74 Å². The largest absolute Gasteiger partial charge is 0.377 e. The molecule has 1 nitrogen and oxygen atoms in total. The summed E-state index contributed by atoms with van der Waals surface area (Å²) in [6, 6.07) is 0. The summed E-state index contributed by atoms with van der Waals surface area (Å²) in [5, 5.41) is 0. The monoisotopic (exact) mass is 182 g/mol. The van der Waals surface area contributed by atoms with Crippen molar-refractivity contribution in [1.82, 2.24) is 0 Å². The molecule has 0 aromatic heterocycles. The summed E-state index contributed by atoms with van der Waals surface area (Å²) in [6.07, 6.45) is 10.4. The summed E-state index contributed by atoms with van der Waals surface area (Å²) < 4.78 is 5.32. The van der Waals surface area contributed by atoms with Crippen LogP contribution in [0.2, 0.25) is 0 Å². The third-order valence-electron chi connectivity index (χ3n) is 2.05. The molecule has 0 radical (unpaired) electrons. The summed E-state index contributed by atoms with van der Waals surface area (Å²) in [5.74, 6) is 0. The van der Waals surface area contributed by atoms with Gasteiger partial charge in [0.15, 0.2) is 0 Å². The van der Waals surface area contributed by atoms with Gasteiger partial charge in [0.25, 0.3) is 0 Å². The van der Waals surface area contributed by atoms with Crippen LogP contribution < -0.4 is 0 Å². The van der Waals surface area contributed by atoms with Crippen molar-refractivity contribution in [3.05, 3.63) is 23.8 Å². The Morgan fingerprint density at radius 1 is 1.38 bits per heavy atom. The van der Waals surface area contributed by atoms with Gasteiger partial charge in [-0.2, -0.15) is 0 Å². The van der Waals surface area contributed by atoms with Crippen LogP contribution in [0.1, 0.15) is 40.0 Å². The quantitative estimate of drug-likeness (QED) is 0.646. The molecular formula is C12H22O. The number of rotatable bonds is 3. The van der Waals surface area contributed by atoms with Gasteiger partial charge in [-0.25, -0.2) is 0 Å². The van der Waals surface area contributed by atoms with Crippen molar-refractivity contribution in [2.45, 2.75) is 46.1 Å². The van der Waals surface area contributed by atoms with E-state index in [1.54, 1.807) is 7.11 Å². The molecule has 0 aromatic carbocycles. The summed E-state index contributed by atoms with van der Waals surface area (Å²) in [5.41, 5.74) is 1.35. The average Bonchev–Trinajstić information content (AvgIpc) is 2.24. The summed E-state index contributed by atoms with van der Waals surface area (Å²) in [7, 11) is 1.78. The molecular weight excluding hydrogens is 160 g/mol. The molecule has 0 aromatic rings. The van der Waals surface area contributed by atoms with Crippen LogP contribution >= 0.6 is 0 Å². The SMILES string of the molecule is CC.CCC(OC)C1=CCCC=C1. The highest BCUT2D eigenvalue weighted by atomic mass is 16.5. The fraction of sp³-hybridized carbons (Fsp3) is 0.667. The molecule has 0 saturated carbocycles. The van der Waals surface area contributed by atoms with E-state index in [0.717, 1.165) is 6.42 Å². The standard InChI is InChI=1S/C10H16O.C2H6/c1-3-10(11-2)9-7-5-4-6-8-9;1-2/h5,7-8,10H,3-4,6H2,1-2H3;1-2H3. The lowest BCUT2D eigenvalue weighted by Crippen LogP contribution is -2.11. The zero-order valence-corrected chi connectivity index (χ0v) is 9.34. The molecule has 0 fully saturated rings. The molecule has 0 N–H and O–H groups in total. The maximum absolute atomic E-state index is 5.32. The predicted molar refractivity (Wildman–Crippen MR) is 58.9 cm³/mol. The Labute approximate surface area is 82.5 Å². The van der Waals surface area contributed by atoms with E-state index >= 15 is 0 Å². The van der Waals surface area contributed by atoms with Crippen LogP contribution in [-0.4, -0.2) is 13.2 Å². The Bertz CT molecular complexity index is 164. The Balaban J connectivity index is 0.000000671. The van der Waals surface area contributed by atoms with E-state index in [1.165, 1.54) is 18.4 Å². The van der Waals surface area contributed by atoms with Crippen LogP contribution in [0.3, 0.4) is 0 Å². The molecule has 0 spiro atoms. The molecule has 0 saturated heterocycles. The molecule has 0 bridgehead atoms. The smallest absolute Gasteiger partial charge is 0.0815 e. The van der Waals surface area contributed by atoms with Crippen LogP contribution in [0.4, 0.5) is 0 Å². The Morgan fingerprint density at radius 3 is 2.46 bits per heavy atom. The fourth-order valence-electron chi connectivity index (χ4n) is 1.41. The van der Waals surface area contributed by atoms with E-state index in [4.69, 9.17) is 4.74 Å². The predicted octanol–water partition coefficient (Wildman–Crippen LogP) is 3.71. The van der Waals surface area contributed by atoms with Crippen molar-refractivity contribution in [2.24, 2.45) is 0 Å². The van der Waals surface area contributed by atoms with Gasteiger partial charge < -0.3 is 4.74 Å². The Kier molecular flexibility index (Phi) is 7.71. The normalized spacial score (nSPS) is 17.1. The minimum atomic E-state index is 0.312. The molecule has 1 unspecified atom stereocenters.